The van der Waals surface area contributed by atoms with Crippen molar-refractivity contribution in [1.82, 2.24) is 0 Å². The number of aliphatic hydroxyl groups excluding tert-OH is 1. The molecule has 0 aliphatic carbocycles. The minimum absolute atomic E-state index is 0.338. The normalized spacial score (nSPS) is 35.5. The molecule has 1 saturated heterocycles. The molecule has 2 N–H and O–H groups in total. The molecule has 1 aliphatic heterocycles. The van der Waals surface area contributed by atoms with Crippen LogP contribution in [0.2, 0.25) is 0 Å². The van der Waals surface area contributed by atoms with Crippen molar-refractivity contribution < 1.29 is 14.9 Å². The van der Waals surface area contributed by atoms with Gasteiger partial charge >= 0.3 is 0 Å². The van der Waals surface area contributed by atoms with Crippen molar-refractivity contribution in [2.45, 2.75) is 44.5 Å². The molecule has 1 rings (SSSR count). The number of hydrogen-bond donors (Lipinski definition) is 2. The van der Waals surface area contributed by atoms with Gasteiger partial charge in [0.15, 0.2) is 5.79 Å². The van der Waals surface area contributed by atoms with Crippen LogP contribution in [-0.4, -0.2) is 28.7 Å². The summed E-state index contributed by atoms with van der Waals surface area (Å²) in [5.74, 6) is -1.10. The van der Waals surface area contributed by atoms with Gasteiger partial charge in [-0.15, -0.1) is 0 Å². The van der Waals surface area contributed by atoms with Gasteiger partial charge in [0.1, 0.15) is 0 Å². The molecule has 0 aromatic carbocycles. The highest BCUT2D eigenvalue weighted by atomic mass is 16.6. The molecule has 0 bridgehead atoms. The van der Waals surface area contributed by atoms with Crippen molar-refractivity contribution >= 4 is 0 Å². The van der Waals surface area contributed by atoms with Gasteiger partial charge in [-0.05, 0) is 19.8 Å². The molecule has 0 spiro atoms. The van der Waals surface area contributed by atoms with E-state index in [-0.39, 0.29) is 0 Å². The Morgan fingerprint density at radius 1 is 1.62 bits per heavy atom. The lowest BCUT2D eigenvalue weighted by atomic mass is 9.98. The number of aliphatic hydroxyl groups is 2. The molecular weight excluding hydrogens is 168 g/mol. The average Bonchev–Trinajstić information content (AvgIpc) is 2.04. The topological polar surface area (TPSA) is 49.7 Å². The summed E-state index contributed by atoms with van der Waals surface area (Å²) in [5, 5.41) is 19.2. The predicted octanol–water partition coefficient (Wildman–Crippen LogP) is 1.20. The smallest absolute Gasteiger partial charge is 0.168 e. The van der Waals surface area contributed by atoms with Gasteiger partial charge in [0.05, 0.1) is 12.7 Å². The summed E-state index contributed by atoms with van der Waals surface area (Å²) >= 11 is 0. The van der Waals surface area contributed by atoms with Crippen LogP contribution >= 0.6 is 0 Å². The van der Waals surface area contributed by atoms with Crippen molar-refractivity contribution in [1.29, 1.82) is 0 Å². The maximum atomic E-state index is 9.85. The first-order valence-electron chi connectivity index (χ1n) is 4.82. The van der Waals surface area contributed by atoms with E-state index in [1.165, 1.54) is 0 Å². The van der Waals surface area contributed by atoms with Crippen LogP contribution in [0.5, 0.6) is 0 Å². The van der Waals surface area contributed by atoms with Crippen molar-refractivity contribution in [3.05, 3.63) is 12.2 Å². The molecule has 3 nitrogen and oxygen atoms in total. The summed E-state index contributed by atoms with van der Waals surface area (Å²) in [4.78, 5) is 0. The summed E-state index contributed by atoms with van der Waals surface area (Å²) in [6.07, 6.45) is 5.85. The van der Waals surface area contributed by atoms with Crippen molar-refractivity contribution in [2.75, 3.05) is 6.61 Å². The van der Waals surface area contributed by atoms with Gasteiger partial charge < -0.3 is 14.9 Å². The second-order valence-corrected chi connectivity index (χ2v) is 3.55. The van der Waals surface area contributed by atoms with Crippen LogP contribution in [0.1, 0.15) is 32.6 Å². The zero-order valence-electron chi connectivity index (χ0n) is 8.07. The highest BCUT2D eigenvalue weighted by Gasteiger charge is 2.33. The fourth-order valence-electron chi connectivity index (χ4n) is 1.56. The quantitative estimate of drug-likeness (QED) is 0.651. The predicted molar refractivity (Wildman–Crippen MR) is 50.2 cm³/mol. The van der Waals surface area contributed by atoms with Gasteiger partial charge in [-0.1, -0.05) is 12.2 Å². The minimum atomic E-state index is -1.10. The molecule has 1 heterocycles. The van der Waals surface area contributed by atoms with Gasteiger partial charge in [0.2, 0.25) is 0 Å². The number of ether oxygens (including phenoxy) is 1. The molecule has 2 unspecified atom stereocenters. The van der Waals surface area contributed by atoms with Gasteiger partial charge in [-0.3, -0.25) is 0 Å². The second kappa shape index (κ2) is 4.74. The molecule has 2 atom stereocenters. The largest absolute Gasteiger partial charge is 0.393 e. The maximum Gasteiger partial charge on any atom is 0.168 e. The monoisotopic (exact) mass is 186 g/mol. The summed E-state index contributed by atoms with van der Waals surface area (Å²) in [7, 11) is 0. The molecule has 0 aromatic heterocycles. The summed E-state index contributed by atoms with van der Waals surface area (Å²) in [6, 6.07) is 0. The molecular formula is C10H18O3. The first-order chi connectivity index (χ1) is 6.16. The molecule has 76 valence electrons. The summed E-state index contributed by atoms with van der Waals surface area (Å²) in [6.45, 7) is 2.40. The van der Waals surface area contributed by atoms with Crippen LogP contribution in [0.3, 0.4) is 0 Å². The van der Waals surface area contributed by atoms with E-state index >= 15 is 0 Å². The Morgan fingerprint density at radius 3 is 3.00 bits per heavy atom. The van der Waals surface area contributed by atoms with E-state index in [9.17, 15) is 10.2 Å². The van der Waals surface area contributed by atoms with Crippen molar-refractivity contribution in [3.8, 4) is 0 Å². The zero-order chi connectivity index (χ0) is 9.73. The van der Waals surface area contributed by atoms with E-state index in [1.807, 2.05) is 19.1 Å². The Hall–Kier alpha value is -0.380. The van der Waals surface area contributed by atoms with Crippen LogP contribution in [0, 0.1) is 0 Å². The van der Waals surface area contributed by atoms with Crippen LogP contribution in [0.4, 0.5) is 0 Å². The average molecular weight is 186 g/mol. The van der Waals surface area contributed by atoms with E-state index in [2.05, 4.69) is 0 Å². The molecule has 1 fully saturated rings. The third-order valence-electron chi connectivity index (χ3n) is 2.31. The molecule has 0 radical (unpaired) electrons. The molecule has 0 saturated carbocycles. The Bertz CT molecular complexity index is 179. The first kappa shape index (κ1) is 10.7. The van der Waals surface area contributed by atoms with Crippen molar-refractivity contribution in [2.24, 2.45) is 0 Å². The Labute approximate surface area is 79.0 Å². The van der Waals surface area contributed by atoms with E-state index in [0.29, 0.717) is 25.9 Å². The molecule has 0 aromatic rings. The number of hydrogen-bond acceptors (Lipinski definition) is 3. The van der Waals surface area contributed by atoms with Gasteiger partial charge in [-0.25, -0.2) is 0 Å². The van der Waals surface area contributed by atoms with Gasteiger partial charge in [0, 0.05) is 12.8 Å². The van der Waals surface area contributed by atoms with Crippen LogP contribution in [0.25, 0.3) is 0 Å². The first-order valence-corrected chi connectivity index (χ1v) is 4.82. The Balaban J connectivity index is 2.35. The zero-order valence-corrected chi connectivity index (χ0v) is 8.07. The maximum absolute atomic E-state index is 9.85. The Kier molecular flexibility index (Phi) is 3.90. The van der Waals surface area contributed by atoms with Crippen LogP contribution in [-0.2, 0) is 4.74 Å². The van der Waals surface area contributed by atoms with E-state index in [1.54, 1.807) is 0 Å². The number of rotatable bonds is 3. The second-order valence-electron chi connectivity index (χ2n) is 3.55. The van der Waals surface area contributed by atoms with Crippen LogP contribution in [0.15, 0.2) is 12.2 Å². The highest BCUT2D eigenvalue weighted by molar-refractivity contribution is 4.83. The minimum Gasteiger partial charge on any atom is -0.393 e. The third kappa shape index (κ3) is 3.46. The fourth-order valence-corrected chi connectivity index (χ4v) is 1.56. The standard InChI is InChI=1S/C10H18O3/c1-2-3-4-6-10(12)8-9(11)5-7-13-10/h2-3,9,11-12H,4-8H2,1H3. The summed E-state index contributed by atoms with van der Waals surface area (Å²) < 4.78 is 5.24. The van der Waals surface area contributed by atoms with E-state index < -0.39 is 11.9 Å². The van der Waals surface area contributed by atoms with Gasteiger partial charge in [0.25, 0.3) is 0 Å². The highest BCUT2D eigenvalue weighted by Crippen LogP contribution is 2.27. The Morgan fingerprint density at radius 2 is 2.38 bits per heavy atom. The fraction of sp³-hybridized carbons (Fsp3) is 0.800. The number of allylic oxidation sites excluding steroid dienone is 2. The lowest BCUT2D eigenvalue weighted by molar-refractivity contribution is -0.246. The van der Waals surface area contributed by atoms with Crippen molar-refractivity contribution in [3.63, 3.8) is 0 Å². The van der Waals surface area contributed by atoms with E-state index in [4.69, 9.17) is 4.74 Å². The van der Waals surface area contributed by atoms with E-state index in [0.717, 1.165) is 6.42 Å². The van der Waals surface area contributed by atoms with Gasteiger partial charge in [-0.2, -0.15) is 0 Å². The third-order valence-corrected chi connectivity index (χ3v) is 2.31. The summed E-state index contributed by atoms with van der Waals surface area (Å²) in [5.41, 5.74) is 0. The molecule has 13 heavy (non-hydrogen) atoms. The van der Waals surface area contributed by atoms with Crippen LogP contribution < -0.4 is 0 Å². The molecule has 1 aliphatic rings. The molecule has 3 heteroatoms. The SMILES string of the molecule is CC=CCCC1(O)CC(O)CCO1. The lowest BCUT2D eigenvalue weighted by Crippen LogP contribution is -2.41. The molecule has 0 amide bonds. The lowest BCUT2D eigenvalue weighted by Gasteiger charge is -2.34.